The van der Waals surface area contributed by atoms with Crippen molar-refractivity contribution >= 4 is 34.2 Å². The molecule has 4 rings (SSSR count). The highest BCUT2D eigenvalue weighted by molar-refractivity contribution is 6.30. The summed E-state index contributed by atoms with van der Waals surface area (Å²) in [6.07, 6.45) is 1.62. The Bertz CT molecular complexity index is 1300. The Morgan fingerprint density at radius 1 is 1.10 bits per heavy atom. The van der Waals surface area contributed by atoms with E-state index in [1.807, 2.05) is 31.2 Å². The molecule has 2 aromatic carbocycles. The minimum absolute atomic E-state index is 0.0285. The van der Waals surface area contributed by atoms with Gasteiger partial charge in [0.1, 0.15) is 17.0 Å². The normalized spacial score (nSPS) is 10.8. The molecular weight excluding hydrogens is 414 g/mol. The Balaban J connectivity index is 1.76. The van der Waals surface area contributed by atoms with Gasteiger partial charge in [0.05, 0.1) is 18.8 Å². The zero-order valence-corrected chi connectivity index (χ0v) is 17.6. The van der Waals surface area contributed by atoms with Gasteiger partial charge in [-0.3, -0.25) is 14.2 Å². The first-order chi connectivity index (χ1) is 15.1. The predicted molar refractivity (Wildman–Crippen MR) is 122 cm³/mol. The Morgan fingerprint density at radius 2 is 1.87 bits per heavy atom. The molecule has 1 N–H and O–H groups in total. The number of hydrogen-bond donors (Lipinski definition) is 1. The summed E-state index contributed by atoms with van der Waals surface area (Å²) in [5, 5.41) is 4.11. The zero-order valence-electron chi connectivity index (χ0n) is 16.8. The maximum absolute atomic E-state index is 13.3. The van der Waals surface area contributed by atoms with Crippen LogP contribution in [0.5, 0.6) is 5.75 Å². The van der Waals surface area contributed by atoms with E-state index in [1.165, 1.54) is 4.57 Å². The molecule has 0 spiro atoms. The van der Waals surface area contributed by atoms with Gasteiger partial charge >= 0.3 is 0 Å². The van der Waals surface area contributed by atoms with Gasteiger partial charge in [-0.25, -0.2) is 4.98 Å². The van der Waals surface area contributed by atoms with Gasteiger partial charge in [0.15, 0.2) is 0 Å². The number of aromatic nitrogens is 2. The maximum atomic E-state index is 13.3. The van der Waals surface area contributed by atoms with Crippen molar-refractivity contribution < 1.29 is 9.53 Å². The summed E-state index contributed by atoms with van der Waals surface area (Å²) < 4.78 is 7.07. The van der Waals surface area contributed by atoms with E-state index in [0.717, 1.165) is 5.56 Å². The lowest BCUT2D eigenvalue weighted by atomic mass is 10.1. The van der Waals surface area contributed by atoms with Crippen molar-refractivity contribution in [2.24, 2.45) is 0 Å². The van der Waals surface area contributed by atoms with Crippen LogP contribution >= 0.6 is 11.6 Å². The van der Waals surface area contributed by atoms with Crippen LogP contribution in [0.1, 0.15) is 22.8 Å². The molecular formula is C24H20ClN3O3. The van der Waals surface area contributed by atoms with E-state index in [4.69, 9.17) is 16.3 Å². The number of ether oxygens (including phenoxy) is 1. The second-order valence-corrected chi connectivity index (χ2v) is 7.31. The number of rotatable bonds is 6. The topological polar surface area (TPSA) is 73.2 Å². The van der Waals surface area contributed by atoms with Crippen molar-refractivity contribution in [3.63, 3.8) is 0 Å². The Hall–Kier alpha value is -3.64. The quantitative estimate of drug-likeness (QED) is 0.476. The lowest BCUT2D eigenvalue weighted by molar-refractivity contribution is 0.102. The third-order valence-electron chi connectivity index (χ3n) is 4.78. The fraction of sp³-hybridized carbons (Fsp3) is 0.125. The standard InChI is InChI=1S/C24H20ClN3O3/c1-2-31-21-8-4-3-7-20(21)27-23(29)19-14-17-6-5-13-26-22(17)28(24(19)30)15-16-9-11-18(25)12-10-16/h3-14H,2,15H2,1H3,(H,27,29). The fourth-order valence-corrected chi connectivity index (χ4v) is 3.46. The largest absolute Gasteiger partial charge is 0.492 e. The maximum Gasteiger partial charge on any atom is 0.265 e. The third-order valence-corrected chi connectivity index (χ3v) is 5.03. The molecule has 156 valence electrons. The second kappa shape index (κ2) is 9.02. The first-order valence-electron chi connectivity index (χ1n) is 9.83. The smallest absolute Gasteiger partial charge is 0.265 e. The number of carbonyl (C=O) groups is 1. The summed E-state index contributed by atoms with van der Waals surface area (Å²) in [5.74, 6) is 0.0371. The fourth-order valence-electron chi connectivity index (χ4n) is 3.33. The number of amides is 1. The van der Waals surface area contributed by atoms with E-state index in [1.54, 1.807) is 48.7 Å². The number of benzene rings is 2. The number of anilines is 1. The van der Waals surface area contributed by atoms with Gasteiger partial charge in [-0.05, 0) is 55.0 Å². The summed E-state index contributed by atoms with van der Waals surface area (Å²) >= 11 is 5.98. The van der Waals surface area contributed by atoms with Crippen LogP contribution in [-0.2, 0) is 6.54 Å². The second-order valence-electron chi connectivity index (χ2n) is 6.88. The molecule has 2 heterocycles. The Kier molecular flexibility index (Phi) is 6.00. The third kappa shape index (κ3) is 4.44. The van der Waals surface area contributed by atoms with Gasteiger partial charge in [0.2, 0.25) is 0 Å². The highest BCUT2D eigenvalue weighted by Gasteiger charge is 2.18. The van der Waals surface area contributed by atoms with E-state index >= 15 is 0 Å². The number of nitrogens with one attached hydrogen (secondary N) is 1. The van der Waals surface area contributed by atoms with Gasteiger partial charge in [-0.1, -0.05) is 35.9 Å². The summed E-state index contributed by atoms with van der Waals surface area (Å²) in [6.45, 7) is 2.59. The lowest BCUT2D eigenvalue weighted by Gasteiger charge is -2.14. The van der Waals surface area contributed by atoms with Crippen LogP contribution in [0.3, 0.4) is 0 Å². The lowest BCUT2D eigenvalue weighted by Crippen LogP contribution is -2.30. The van der Waals surface area contributed by atoms with Crippen LogP contribution in [0.25, 0.3) is 11.0 Å². The summed E-state index contributed by atoms with van der Waals surface area (Å²) in [6, 6.07) is 19.5. The van der Waals surface area contributed by atoms with Gasteiger partial charge in [0.25, 0.3) is 11.5 Å². The average molecular weight is 434 g/mol. The molecule has 0 atom stereocenters. The molecule has 0 fully saturated rings. The molecule has 4 aromatic rings. The van der Waals surface area contributed by atoms with Crippen molar-refractivity contribution in [1.82, 2.24) is 9.55 Å². The molecule has 31 heavy (non-hydrogen) atoms. The van der Waals surface area contributed by atoms with Gasteiger partial charge in [0, 0.05) is 16.6 Å². The molecule has 0 radical (unpaired) electrons. The first kappa shape index (κ1) is 20.6. The molecule has 0 saturated heterocycles. The highest BCUT2D eigenvalue weighted by Crippen LogP contribution is 2.24. The number of hydrogen-bond acceptors (Lipinski definition) is 4. The van der Waals surface area contributed by atoms with Crippen LogP contribution in [0.15, 0.2) is 77.7 Å². The van der Waals surface area contributed by atoms with Crippen molar-refractivity contribution in [1.29, 1.82) is 0 Å². The van der Waals surface area contributed by atoms with Crippen LogP contribution in [0.2, 0.25) is 5.02 Å². The van der Waals surface area contributed by atoms with E-state index < -0.39 is 11.5 Å². The van der Waals surface area contributed by atoms with Crippen LogP contribution in [-0.4, -0.2) is 22.1 Å². The SMILES string of the molecule is CCOc1ccccc1NC(=O)c1cc2cccnc2n(Cc2ccc(Cl)cc2)c1=O. The summed E-state index contributed by atoms with van der Waals surface area (Å²) in [5.41, 5.74) is 1.49. The average Bonchev–Trinajstić information content (AvgIpc) is 2.78. The molecule has 0 bridgehead atoms. The van der Waals surface area contributed by atoms with Crippen molar-refractivity contribution in [2.75, 3.05) is 11.9 Å². The monoisotopic (exact) mass is 433 g/mol. The molecule has 7 heteroatoms. The van der Waals surface area contributed by atoms with Crippen LogP contribution in [0, 0.1) is 0 Å². The van der Waals surface area contributed by atoms with Crippen molar-refractivity contribution in [3.8, 4) is 5.75 Å². The van der Waals surface area contributed by atoms with Gasteiger partial charge < -0.3 is 10.1 Å². The minimum Gasteiger partial charge on any atom is -0.492 e. The zero-order chi connectivity index (χ0) is 21.8. The molecule has 0 aliphatic rings. The number of fused-ring (bicyclic) bond motifs is 1. The molecule has 0 aliphatic carbocycles. The van der Waals surface area contributed by atoms with Gasteiger partial charge in [-0.2, -0.15) is 0 Å². The molecule has 0 aliphatic heterocycles. The first-order valence-corrected chi connectivity index (χ1v) is 10.2. The van der Waals surface area contributed by atoms with E-state index in [2.05, 4.69) is 10.3 Å². The molecule has 1 amide bonds. The molecule has 6 nitrogen and oxygen atoms in total. The predicted octanol–water partition coefficient (Wildman–Crippen LogP) is 4.75. The number of pyridine rings is 2. The summed E-state index contributed by atoms with van der Waals surface area (Å²) in [4.78, 5) is 30.7. The molecule has 0 saturated carbocycles. The van der Waals surface area contributed by atoms with E-state index in [-0.39, 0.29) is 12.1 Å². The van der Waals surface area contributed by atoms with E-state index in [0.29, 0.717) is 34.1 Å². The van der Waals surface area contributed by atoms with Crippen LogP contribution in [0.4, 0.5) is 5.69 Å². The van der Waals surface area contributed by atoms with Crippen molar-refractivity contribution in [3.05, 3.63) is 99.4 Å². The molecule has 0 unspecified atom stereocenters. The Morgan fingerprint density at radius 3 is 2.65 bits per heavy atom. The number of carbonyl (C=O) groups excluding carboxylic acids is 1. The van der Waals surface area contributed by atoms with Gasteiger partial charge in [-0.15, -0.1) is 0 Å². The highest BCUT2D eigenvalue weighted by atomic mass is 35.5. The minimum atomic E-state index is -0.507. The van der Waals surface area contributed by atoms with E-state index in [9.17, 15) is 9.59 Å². The van der Waals surface area contributed by atoms with Crippen LogP contribution < -0.4 is 15.6 Å². The number of halogens is 1. The summed E-state index contributed by atoms with van der Waals surface area (Å²) in [7, 11) is 0. The Labute approximate surface area is 184 Å². The van der Waals surface area contributed by atoms with Crippen molar-refractivity contribution in [2.45, 2.75) is 13.5 Å². The number of para-hydroxylation sites is 2. The number of nitrogens with zero attached hydrogens (tertiary/aromatic N) is 2. The molecule has 2 aromatic heterocycles.